The number of carbonyl (C=O) groups is 2. The van der Waals surface area contributed by atoms with Gasteiger partial charge in [0.2, 0.25) is 0 Å². The molecule has 3 aromatic carbocycles. The maximum absolute atomic E-state index is 12.8. The van der Waals surface area contributed by atoms with E-state index in [4.69, 9.17) is 4.74 Å². The van der Waals surface area contributed by atoms with E-state index in [-0.39, 0.29) is 11.1 Å². The van der Waals surface area contributed by atoms with Gasteiger partial charge in [-0.15, -0.1) is 0 Å². The minimum atomic E-state index is -0.296. The molecule has 5 heteroatoms. The molecule has 2 amide bonds. The van der Waals surface area contributed by atoms with Crippen molar-refractivity contribution in [1.29, 1.82) is 0 Å². The third-order valence-corrected chi connectivity index (χ3v) is 5.63. The van der Waals surface area contributed by atoms with Crippen LogP contribution in [0.15, 0.2) is 77.7 Å². The number of thioether (sulfide) groups is 1. The Morgan fingerprint density at radius 1 is 0.900 bits per heavy atom. The molecule has 0 unspecified atom stereocenters. The lowest BCUT2D eigenvalue weighted by Crippen LogP contribution is -2.27. The summed E-state index contributed by atoms with van der Waals surface area (Å²) in [5.74, 6) is 0.455. The molecule has 1 saturated heterocycles. The van der Waals surface area contributed by atoms with Crippen LogP contribution in [-0.4, -0.2) is 11.1 Å². The predicted molar refractivity (Wildman–Crippen MR) is 122 cm³/mol. The van der Waals surface area contributed by atoms with Crippen molar-refractivity contribution in [1.82, 2.24) is 0 Å². The average Bonchev–Trinajstić information content (AvgIpc) is 3.01. The molecule has 3 aromatic rings. The Morgan fingerprint density at radius 3 is 2.33 bits per heavy atom. The molecule has 1 aliphatic rings. The van der Waals surface area contributed by atoms with Gasteiger partial charge in [0.15, 0.2) is 0 Å². The van der Waals surface area contributed by atoms with Crippen LogP contribution in [-0.2, 0) is 11.4 Å². The van der Waals surface area contributed by atoms with Crippen molar-refractivity contribution in [3.63, 3.8) is 0 Å². The summed E-state index contributed by atoms with van der Waals surface area (Å²) >= 11 is 0.957. The molecule has 150 valence electrons. The fourth-order valence-electron chi connectivity index (χ4n) is 3.12. The van der Waals surface area contributed by atoms with E-state index in [9.17, 15) is 9.59 Å². The Bertz CT molecular complexity index is 1120. The number of hydrogen-bond acceptors (Lipinski definition) is 4. The second-order valence-corrected chi connectivity index (χ2v) is 8.19. The van der Waals surface area contributed by atoms with Crippen molar-refractivity contribution in [3.8, 4) is 5.75 Å². The molecule has 4 nitrogen and oxygen atoms in total. The highest BCUT2D eigenvalue weighted by atomic mass is 32.2. The van der Waals surface area contributed by atoms with Crippen molar-refractivity contribution in [2.24, 2.45) is 0 Å². The van der Waals surface area contributed by atoms with Crippen molar-refractivity contribution in [2.45, 2.75) is 20.5 Å². The Morgan fingerprint density at radius 2 is 1.63 bits per heavy atom. The smallest absolute Gasteiger partial charge is 0.298 e. The molecule has 1 heterocycles. The number of benzene rings is 3. The van der Waals surface area contributed by atoms with Crippen molar-refractivity contribution >= 4 is 34.7 Å². The van der Waals surface area contributed by atoms with E-state index in [1.54, 1.807) is 12.1 Å². The van der Waals surface area contributed by atoms with Gasteiger partial charge >= 0.3 is 0 Å². The molecule has 0 saturated carbocycles. The second-order valence-electron chi connectivity index (χ2n) is 7.20. The number of rotatable bonds is 5. The molecule has 0 bridgehead atoms. The third-order valence-electron chi connectivity index (χ3n) is 4.76. The Balaban J connectivity index is 1.45. The van der Waals surface area contributed by atoms with Crippen LogP contribution < -0.4 is 9.64 Å². The normalized spacial score (nSPS) is 15.1. The first-order chi connectivity index (χ1) is 14.5. The van der Waals surface area contributed by atoms with Crippen LogP contribution in [0.2, 0.25) is 0 Å². The number of hydrogen-bond donors (Lipinski definition) is 0. The van der Waals surface area contributed by atoms with Crippen molar-refractivity contribution in [2.75, 3.05) is 4.90 Å². The number of carbonyl (C=O) groups excluding carboxylic acids is 2. The van der Waals surface area contributed by atoms with Crippen LogP contribution in [0.5, 0.6) is 5.75 Å². The van der Waals surface area contributed by atoms with Gasteiger partial charge in [-0.05, 0) is 72.6 Å². The van der Waals surface area contributed by atoms with E-state index in [0.29, 0.717) is 17.2 Å². The molecule has 0 N–H and O–H groups in total. The number of anilines is 1. The Labute approximate surface area is 180 Å². The zero-order valence-electron chi connectivity index (χ0n) is 16.8. The van der Waals surface area contributed by atoms with Gasteiger partial charge in [-0.2, -0.15) is 0 Å². The Kier molecular flexibility index (Phi) is 5.72. The van der Waals surface area contributed by atoms with Gasteiger partial charge in [0.05, 0.1) is 10.6 Å². The Hall–Kier alpha value is -3.31. The van der Waals surface area contributed by atoms with E-state index < -0.39 is 0 Å². The number of nitrogens with zero attached hydrogens (tertiary/aromatic N) is 1. The molecule has 0 aliphatic carbocycles. The van der Waals surface area contributed by atoms with E-state index in [0.717, 1.165) is 34.2 Å². The number of amides is 2. The largest absolute Gasteiger partial charge is 0.489 e. The maximum atomic E-state index is 12.8. The lowest BCUT2D eigenvalue weighted by Gasteiger charge is -2.12. The summed E-state index contributed by atoms with van der Waals surface area (Å²) in [4.78, 5) is 26.8. The van der Waals surface area contributed by atoms with Crippen LogP contribution in [0, 0.1) is 13.8 Å². The molecule has 1 fully saturated rings. The lowest BCUT2D eigenvalue weighted by molar-refractivity contribution is -0.113. The molecule has 0 atom stereocenters. The fourth-order valence-corrected chi connectivity index (χ4v) is 3.96. The van der Waals surface area contributed by atoms with Gasteiger partial charge in [0.25, 0.3) is 11.1 Å². The van der Waals surface area contributed by atoms with Crippen LogP contribution >= 0.6 is 11.8 Å². The van der Waals surface area contributed by atoms with Gasteiger partial charge in [0, 0.05) is 0 Å². The minimum Gasteiger partial charge on any atom is -0.489 e. The van der Waals surface area contributed by atoms with Crippen LogP contribution in [0.1, 0.15) is 22.3 Å². The molecular formula is C25H21NO3S. The van der Waals surface area contributed by atoms with Gasteiger partial charge < -0.3 is 4.74 Å². The van der Waals surface area contributed by atoms with Crippen LogP contribution in [0.25, 0.3) is 6.08 Å². The summed E-state index contributed by atoms with van der Waals surface area (Å²) in [5.41, 5.74) is 4.76. The summed E-state index contributed by atoms with van der Waals surface area (Å²) in [6.07, 6.45) is 1.74. The van der Waals surface area contributed by atoms with Crippen LogP contribution in [0.3, 0.4) is 0 Å². The highest BCUT2D eigenvalue weighted by Crippen LogP contribution is 2.36. The quantitative estimate of drug-likeness (QED) is 0.471. The second kappa shape index (κ2) is 8.59. The SMILES string of the molecule is Cc1ccc(COc2ccc(/C=C3\SC(=O)N(c4cccc(C)c4)C3=O)cc2)cc1. The molecule has 30 heavy (non-hydrogen) atoms. The van der Waals surface area contributed by atoms with E-state index in [1.807, 2.05) is 61.5 Å². The first-order valence-corrected chi connectivity index (χ1v) is 10.4. The first-order valence-electron chi connectivity index (χ1n) is 9.63. The zero-order valence-corrected chi connectivity index (χ0v) is 17.6. The van der Waals surface area contributed by atoms with Crippen LogP contribution in [0.4, 0.5) is 10.5 Å². The average molecular weight is 416 g/mol. The topological polar surface area (TPSA) is 46.6 Å². The number of imide groups is 1. The lowest BCUT2D eigenvalue weighted by atomic mass is 10.1. The summed E-state index contributed by atoms with van der Waals surface area (Å²) in [7, 11) is 0. The minimum absolute atomic E-state index is 0.282. The summed E-state index contributed by atoms with van der Waals surface area (Å²) in [5, 5.41) is -0.282. The molecule has 0 aromatic heterocycles. The summed E-state index contributed by atoms with van der Waals surface area (Å²) in [6.45, 7) is 4.48. The molecule has 0 radical (unpaired) electrons. The molecule has 4 rings (SSSR count). The molecule has 1 aliphatic heterocycles. The van der Waals surface area contributed by atoms with Crippen molar-refractivity contribution < 1.29 is 14.3 Å². The maximum Gasteiger partial charge on any atom is 0.298 e. The van der Waals surface area contributed by atoms with E-state index in [1.165, 1.54) is 10.5 Å². The summed E-state index contributed by atoms with van der Waals surface area (Å²) in [6, 6.07) is 23.1. The number of ether oxygens (including phenoxy) is 1. The highest BCUT2D eigenvalue weighted by Gasteiger charge is 2.36. The molecule has 0 spiro atoms. The monoisotopic (exact) mass is 415 g/mol. The van der Waals surface area contributed by atoms with Crippen molar-refractivity contribution in [3.05, 3.63) is 100.0 Å². The first kappa shape index (κ1) is 20.0. The van der Waals surface area contributed by atoms with Gasteiger partial charge in [-0.3, -0.25) is 9.59 Å². The standard InChI is InChI=1S/C25H21NO3S/c1-17-6-8-20(9-7-17)16-29-22-12-10-19(11-13-22)15-23-24(27)26(25(28)30-23)21-5-3-4-18(2)14-21/h3-15H,16H2,1-2H3/b23-15-. The van der Waals surface area contributed by atoms with Gasteiger partial charge in [-0.1, -0.05) is 54.1 Å². The fraction of sp³-hybridized carbons (Fsp3) is 0.120. The zero-order chi connectivity index (χ0) is 21.1. The van der Waals surface area contributed by atoms with E-state index >= 15 is 0 Å². The third kappa shape index (κ3) is 4.47. The summed E-state index contributed by atoms with van der Waals surface area (Å²) < 4.78 is 5.83. The predicted octanol–water partition coefficient (Wildman–Crippen LogP) is 6.12. The highest BCUT2D eigenvalue weighted by molar-refractivity contribution is 8.19. The van der Waals surface area contributed by atoms with Gasteiger partial charge in [0.1, 0.15) is 12.4 Å². The number of aryl methyl sites for hydroxylation is 2. The molecular weight excluding hydrogens is 394 g/mol. The van der Waals surface area contributed by atoms with Gasteiger partial charge in [-0.25, -0.2) is 4.90 Å². The van der Waals surface area contributed by atoms with E-state index in [2.05, 4.69) is 19.1 Å².